The van der Waals surface area contributed by atoms with Crippen LogP contribution in [0, 0.1) is 0 Å². The van der Waals surface area contributed by atoms with Gasteiger partial charge in [-0.05, 0) is 24.5 Å². The molecule has 1 N–H and O–H groups in total. The van der Waals surface area contributed by atoms with Gasteiger partial charge in [-0.1, -0.05) is 18.2 Å². The van der Waals surface area contributed by atoms with Gasteiger partial charge in [0.1, 0.15) is 0 Å². The maximum absolute atomic E-state index is 5.45. The van der Waals surface area contributed by atoms with Crippen LogP contribution in [0.2, 0.25) is 0 Å². The lowest BCUT2D eigenvalue weighted by atomic mass is 9.93. The molecule has 15 heavy (non-hydrogen) atoms. The van der Waals surface area contributed by atoms with E-state index in [1.165, 1.54) is 22.2 Å². The Bertz CT molecular complexity index is 486. The Hall–Kier alpha value is -1.28. The summed E-state index contributed by atoms with van der Waals surface area (Å²) in [5.41, 5.74) is 4.13. The molecule has 2 heteroatoms. The second-order valence-electron chi connectivity index (χ2n) is 4.23. The molecular weight excluding hydrogens is 186 g/mol. The van der Waals surface area contributed by atoms with Crippen molar-refractivity contribution in [3.05, 3.63) is 35.5 Å². The van der Waals surface area contributed by atoms with Gasteiger partial charge in [-0.15, -0.1) is 0 Å². The number of fused-ring (bicyclic) bond motifs is 3. The maximum Gasteiger partial charge on any atom is 0.0616 e. The fourth-order valence-corrected chi connectivity index (χ4v) is 2.54. The van der Waals surface area contributed by atoms with E-state index in [2.05, 4.69) is 29.2 Å². The number of benzene rings is 1. The highest BCUT2D eigenvalue weighted by molar-refractivity contribution is 5.84. The zero-order chi connectivity index (χ0) is 10.3. The van der Waals surface area contributed by atoms with Crippen molar-refractivity contribution in [3.63, 3.8) is 0 Å². The summed E-state index contributed by atoms with van der Waals surface area (Å²) in [6.45, 7) is 0. The van der Waals surface area contributed by atoms with E-state index in [1.54, 1.807) is 0 Å². The highest BCUT2D eigenvalue weighted by Crippen LogP contribution is 2.29. The molecule has 0 radical (unpaired) electrons. The third kappa shape index (κ3) is 1.37. The van der Waals surface area contributed by atoms with E-state index in [-0.39, 0.29) is 0 Å². The normalized spacial score (nSPS) is 20.5. The van der Waals surface area contributed by atoms with E-state index in [4.69, 9.17) is 4.74 Å². The van der Waals surface area contributed by atoms with Gasteiger partial charge in [-0.3, -0.25) is 0 Å². The van der Waals surface area contributed by atoms with Gasteiger partial charge in [0, 0.05) is 30.1 Å². The van der Waals surface area contributed by atoms with Crippen LogP contribution in [0.3, 0.4) is 0 Å². The Morgan fingerprint density at radius 2 is 2.20 bits per heavy atom. The van der Waals surface area contributed by atoms with Gasteiger partial charge in [-0.25, -0.2) is 0 Å². The minimum absolute atomic E-state index is 0.400. The lowest BCUT2D eigenvalue weighted by Gasteiger charge is -2.20. The zero-order valence-electron chi connectivity index (χ0n) is 8.92. The Morgan fingerprint density at radius 1 is 1.33 bits per heavy atom. The molecule has 3 rings (SSSR count). The summed E-state index contributed by atoms with van der Waals surface area (Å²) in [4.78, 5) is 3.51. The Labute approximate surface area is 89.3 Å². The van der Waals surface area contributed by atoms with Crippen molar-refractivity contribution in [1.82, 2.24) is 4.98 Å². The maximum atomic E-state index is 5.45. The molecule has 1 aromatic carbocycles. The number of nitrogens with one attached hydrogen (secondary N) is 1. The molecule has 0 unspecified atom stereocenters. The van der Waals surface area contributed by atoms with Crippen LogP contribution in [0.5, 0.6) is 0 Å². The van der Waals surface area contributed by atoms with Crippen LogP contribution in [0.1, 0.15) is 17.7 Å². The Kier molecular flexibility index (Phi) is 2.03. The topological polar surface area (TPSA) is 25.0 Å². The standard InChI is InChI=1S/C13H15NO/c1-15-9-6-7-13-11(8-9)10-4-2-3-5-12(10)14-13/h2-5,9,14H,6-8H2,1H3/t9-/m1/s1. The van der Waals surface area contributed by atoms with E-state index in [0.717, 1.165) is 19.3 Å². The van der Waals surface area contributed by atoms with Crippen molar-refractivity contribution >= 4 is 10.9 Å². The average molecular weight is 201 g/mol. The summed E-state index contributed by atoms with van der Waals surface area (Å²) < 4.78 is 5.45. The summed E-state index contributed by atoms with van der Waals surface area (Å²) >= 11 is 0. The number of H-pyrrole nitrogens is 1. The van der Waals surface area contributed by atoms with Gasteiger partial charge in [0.05, 0.1) is 6.10 Å². The Morgan fingerprint density at radius 3 is 3.07 bits per heavy atom. The number of hydrogen-bond donors (Lipinski definition) is 1. The van der Waals surface area contributed by atoms with Gasteiger partial charge in [0.2, 0.25) is 0 Å². The number of aromatic nitrogens is 1. The number of rotatable bonds is 1. The fourth-order valence-electron chi connectivity index (χ4n) is 2.54. The van der Waals surface area contributed by atoms with Gasteiger partial charge in [-0.2, -0.15) is 0 Å². The SMILES string of the molecule is CO[C@@H]1CCc2[nH]c3ccccc3c2C1. The summed E-state index contributed by atoms with van der Waals surface area (Å²) in [7, 11) is 1.81. The van der Waals surface area contributed by atoms with Crippen molar-refractivity contribution in [1.29, 1.82) is 0 Å². The minimum atomic E-state index is 0.400. The third-order valence-electron chi connectivity index (χ3n) is 3.38. The largest absolute Gasteiger partial charge is 0.381 e. The second-order valence-corrected chi connectivity index (χ2v) is 4.23. The van der Waals surface area contributed by atoms with Gasteiger partial charge >= 0.3 is 0 Å². The van der Waals surface area contributed by atoms with E-state index in [9.17, 15) is 0 Å². The molecule has 1 aromatic heterocycles. The molecule has 78 valence electrons. The van der Waals surface area contributed by atoms with Crippen LogP contribution in [-0.2, 0) is 17.6 Å². The van der Waals surface area contributed by atoms with Crippen LogP contribution in [0.25, 0.3) is 10.9 Å². The molecule has 0 saturated carbocycles. The minimum Gasteiger partial charge on any atom is -0.381 e. The van der Waals surface area contributed by atoms with Crippen molar-refractivity contribution in [2.45, 2.75) is 25.4 Å². The number of aromatic amines is 1. The second kappa shape index (κ2) is 3.38. The quantitative estimate of drug-likeness (QED) is 0.754. The molecule has 0 fully saturated rings. The lowest BCUT2D eigenvalue weighted by Crippen LogP contribution is -2.20. The zero-order valence-corrected chi connectivity index (χ0v) is 8.92. The van der Waals surface area contributed by atoms with Crippen molar-refractivity contribution in [3.8, 4) is 0 Å². The average Bonchev–Trinajstić information content (AvgIpc) is 2.66. The smallest absolute Gasteiger partial charge is 0.0616 e. The molecule has 0 aliphatic heterocycles. The van der Waals surface area contributed by atoms with Crippen LogP contribution in [0.4, 0.5) is 0 Å². The first-order valence-corrected chi connectivity index (χ1v) is 5.49. The monoisotopic (exact) mass is 201 g/mol. The number of aryl methyl sites for hydroxylation is 1. The van der Waals surface area contributed by atoms with Crippen molar-refractivity contribution in [2.75, 3.05) is 7.11 Å². The highest BCUT2D eigenvalue weighted by Gasteiger charge is 2.21. The molecule has 1 atom stereocenters. The van der Waals surface area contributed by atoms with E-state index in [0.29, 0.717) is 6.10 Å². The first-order chi connectivity index (χ1) is 7.38. The predicted molar refractivity (Wildman–Crippen MR) is 61.1 cm³/mol. The molecule has 0 spiro atoms. The molecule has 2 aromatic rings. The molecule has 2 nitrogen and oxygen atoms in total. The van der Waals surface area contributed by atoms with Crippen molar-refractivity contribution in [2.24, 2.45) is 0 Å². The van der Waals surface area contributed by atoms with E-state index in [1.807, 2.05) is 7.11 Å². The summed E-state index contributed by atoms with van der Waals surface area (Å²) in [6.07, 6.45) is 3.70. The molecule has 1 aliphatic rings. The van der Waals surface area contributed by atoms with Crippen LogP contribution in [-0.4, -0.2) is 18.2 Å². The molecule has 1 heterocycles. The van der Waals surface area contributed by atoms with Crippen LogP contribution < -0.4 is 0 Å². The van der Waals surface area contributed by atoms with E-state index < -0.39 is 0 Å². The van der Waals surface area contributed by atoms with Crippen molar-refractivity contribution < 1.29 is 4.74 Å². The van der Waals surface area contributed by atoms with Gasteiger partial charge in [0.25, 0.3) is 0 Å². The summed E-state index contributed by atoms with van der Waals surface area (Å²) in [5, 5.41) is 1.37. The lowest BCUT2D eigenvalue weighted by molar-refractivity contribution is 0.0911. The molecule has 0 amide bonds. The number of methoxy groups -OCH3 is 1. The molecular formula is C13H15NO. The highest BCUT2D eigenvalue weighted by atomic mass is 16.5. The van der Waals surface area contributed by atoms with Crippen LogP contribution >= 0.6 is 0 Å². The third-order valence-corrected chi connectivity index (χ3v) is 3.38. The molecule has 0 bridgehead atoms. The van der Waals surface area contributed by atoms with Gasteiger partial charge in [0.15, 0.2) is 0 Å². The predicted octanol–water partition coefficient (Wildman–Crippen LogP) is 2.67. The summed E-state index contributed by atoms with van der Waals surface area (Å²) in [6, 6.07) is 8.53. The fraction of sp³-hybridized carbons (Fsp3) is 0.385. The number of para-hydroxylation sites is 1. The van der Waals surface area contributed by atoms with Gasteiger partial charge < -0.3 is 9.72 Å². The molecule has 0 saturated heterocycles. The number of ether oxygens (including phenoxy) is 1. The summed E-state index contributed by atoms with van der Waals surface area (Å²) in [5.74, 6) is 0. The Balaban J connectivity index is 2.14. The van der Waals surface area contributed by atoms with E-state index >= 15 is 0 Å². The molecule has 1 aliphatic carbocycles. The first-order valence-electron chi connectivity index (χ1n) is 5.49. The van der Waals surface area contributed by atoms with Crippen LogP contribution in [0.15, 0.2) is 24.3 Å². The first kappa shape index (κ1) is 8.98. The number of hydrogen-bond acceptors (Lipinski definition) is 1.